The van der Waals surface area contributed by atoms with Crippen molar-refractivity contribution >= 4 is 11.9 Å². The van der Waals surface area contributed by atoms with E-state index in [2.05, 4.69) is 22.7 Å². The van der Waals surface area contributed by atoms with Crippen LogP contribution >= 0.6 is 0 Å². The van der Waals surface area contributed by atoms with E-state index in [0.29, 0.717) is 5.57 Å². The first-order valence-electron chi connectivity index (χ1n) is 11.3. The van der Waals surface area contributed by atoms with E-state index in [1.54, 1.807) is 25.7 Å². The Morgan fingerprint density at radius 3 is 2.50 bits per heavy atom. The molecule has 1 unspecified atom stereocenters. The van der Waals surface area contributed by atoms with Gasteiger partial charge in [0.05, 0.1) is 5.56 Å². The smallest absolute Gasteiger partial charge is 0.416 e. The summed E-state index contributed by atoms with van der Waals surface area (Å²) in [7, 11) is 0. The van der Waals surface area contributed by atoms with Gasteiger partial charge in [0.2, 0.25) is 5.88 Å². The molecular formula is C26H27F4N3O3. The first-order valence-corrected chi connectivity index (χ1v) is 11.3. The Hall–Kier alpha value is -3.66. The van der Waals surface area contributed by atoms with Crippen molar-refractivity contribution in [2.45, 2.75) is 45.1 Å². The number of anilines is 1. The zero-order valence-corrected chi connectivity index (χ0v) is 20.3. The predicted molar refractivity (Wildman–Crippen MR) is 127 cm³/mol. The molecule has 3 rings (SSSR count). The molecule has 0 aromatic carbocycles. The van der Waals surface area contributed by atoms with Gasteiger partial charge in [0.25, 0.3) is 0 Å². The average Bonchev–Trinajstić information content (AvgIpc) is 2.79. The second-order valence-electron chi connectivity index (χ2n) is 9.23. The highest BCUT2D eigenvalue weighted by atomic mass is 19.4. The SMILES string of the molecule is C#C/C1=C/C=C(/COc2cc(C(F)(F)F)cc(N3CCN(C(=O)OC(C)(C)C)CC3)n2)C(F)C#CC1. The molecule has 1 amide bonds. The molecule has 1 aromatic rings. The summed E-state index contributed by atoms with van der Waals surface area (Å²) in [6, 6.07) is 1.70. The monoisotopic (exact) mass is 505 g/mol. The zero-order chi connectivity index (χ0) is 26.5. The van der Waals surface area contributed by atoms with Crippen molar-refractivity contribution in [1.29, 1.82) is 0 Å². The minimum atomic E-state index is -4.65. The molecule has 2 heterocycles. The van der Waals surface area contributed by atoms with Crippen LogP contribution in [0.15, 0.2) is 35.4 Å². The number of hydrogen-bond acceptors (Lipinski definition) is 5. The molecule has 1 aromatic heterocycles. The van der Waals surface area contributed by atoms with Gasteiger partial charge < -0.3 is 19.3 Å². The molecule has 1 saturated heterocycles. The number of terminal acetylenes is 1. The van der Waals surface area contributed by atoms with Crippen LogP contribution in [0.2, 0.25) is 0 Å². The second kappa shape index (κ2) is 10.9. The Bertz CT molecular complexity index is 1140. The highest BCUT2D eigenvalue weighted by Crippen LogP contribution is 2.34. The minimum absolute atomic E-state index is 0.0430. The van der Waals surface area contributed by atoms with Crippen molar-refractivity contribution in [1.82, 2.24) is 9.88 Å². The Morgan fingerprint density at radius 1 is 1.19 bits per heavy atom. The fraction of sp³-hybridized carbons (Fsp3) is 0.462. The van der Waals surface area contributed by atoms with Crippen LogP contribution in [-0.2, 0) is 10.9 Å². The summed E-state index contributed by atoms with van der Waals surface area (Å²) in [6.07, 6.45) is 1.80. The lowest BCUT2D eigenvalue weighted by Crippen LogP contribution is -2.50. The van der Waals surface area contributed by atoms with Gasteiger partial charge >= 0.3 is 12.3 Å². The Morgan fingerprint density at radius 2 is 1.89 bits per heavy atom. The number of carbonyl (C=O) groups is 1. The van der Waals surface area contributed by atoms with Crippen LogP contribution in [0.25, 0.3) is 0 Å². The number of rotatable bonds is 4. The van der Waals surface area contributed by atoms with Crippen LogP contribution in [0, 0.1) is 24.2 Å². The molecule has 1 aliphatic carbocycles. The van der Waals surface area contributed by atoms with Crippen LogP contribution in [0.3, 0.4) is 0 Å². The van der Waals surface area contributed by atoms with Gasteiger partial charge in [-0.25, -0.2) is 9.18 Å². The maximum absolute atomic E-state index is 14.4. The molecule has 0 saturated carbocycles. The van der Waals surface area contributed by atoms with E-state index >= 15 is 0 Å². The van der Waals surface area contributed by atoms with E-state index in [4.69, 9.17) is 15.9 Å². The van der Waals surface area contributed by atoms with E-state index in [1.165, 1.54) is 17.1 Å². The van der Waals surface area contributed by atoms with Crippen molar-refractivity contribution in [3.63, 3.8) is 0 Å². The van der Waals surface area contributed by atoms with E-state index in [-0.39, 0.29) is 56.5 Å². The van der Waals surface area contributed by atoms with Gasteiger partial charge in [-0.3, -0.25) is 0 Å². The van der Waals surface area contributed by atoms with Gasteiger partial charge in [-0.1, -0.05) is 23.8 Å². The van der Waals surface area contributed by atoms with Crippen molar-refractivity contribution in [2.75, 3.05) is 37.7 Å². The molecule has 10 heteroatoms. The quantitative estimate of drug-likeness (QED) is 0.436. The van der Waals surface area contributed by atoms with Gasteiger partial charge in [-0.2, -0.15) is 18.2 Å². The Labute approximate surface area is 207 Å². The summed E-state index contributed by atoms with van der Waals surface area (Å²) in [5, 5.41) is 0. The first-order chi connectivity index (χ1) is 16.9. The highest BCUT2D eigenvalue weighted by Gasteiger charge is 2.33. The van der Waals surface area contributed by atoms with Crippen molar-refractivity contribution < 1.29 is 31.8 Å². The zero-order valence-electron chi connectivity index (χ0n) is 20.3. The van der Waals surface area contributed by atoms with E-state index in [0.717, 1.165) is 12.1 Å². The number of aromatic nitrogens is 1. The molecule has 192 valence electrons. The maximum atomic E-state index is 14.4. The van der Waals surface area contributed by atoms with Crippen LogP contribution in [0.1, 0.15) is 32.8 Å². The lowest BCUT2D eigenvalue weighted by molar-refractivity contribution is -0.137. The molecule has 1 fully saturated rings. The topological polar surface area (TPSA) is 54.9 Å². The van der Waals surface area contributed by atoms with Crippen LogP contribution in [-0.4, -0.2) is 60.5 Å². The van der Waals surface area contributed by atoms with Crippen LogP contribution in [0.4, 0.5) is 28.2 Å². The van der Waals surface area contributed by atoms with Gasteiger partial charge in [0.15, 0.2) is 6.17 Å². The average molecular weight is 506 g/mol. The summed E-state index contributed by atoms with van der Waals surface area (Å²) in [4.78, 5) is 19.6. The number of nitrogens with zero attached hydrogens (tertiary/aromatic N) is 3. The minimum Gasteiger partial charge on any atom is -0.473 e. The van der Waals surface area contributed by atoms with Gasteiger partial charge in [0.1, 0.15) is 18.0 Å². The number of ether oxygens (including phenoxy) is 2. The Kier molecular flexibility index (Phi) is 8.19. The summed E-state index contributed by atoms with van der Waals surface area (Å²) in [5.41, 5.74) is -0.939. The van der Waals surface area contributed by atoms with E-state index in [9.17, 15) is 22.4 Å². The summed E-state index contributed by atoms with van der Waals surface area (Å²) >= 11 is 0. The predicted octanol–water partition coefficient (Wildman–Crippen LogP) is 4.77. The third-order valence-corrected chi connectivity index (χ3v) is 5.27. The number of piperazine rings is 1. The number of allylic oxidation sites excluding steroid dienone is 3. The second-order valence-corrected chi connectivity index (χ2v) is 9.23. The molecule has 6 nitrogen and oxygen atoms in total. The largest absolute Gasteiger partial charge is 0.473 e. The van der Waals surface area contributed by atoms with Crippen LogP contribution in [0.5, 0.6) is 5.88 Å². The molecule has 0 radical (unpaired) electrons. The lowest BCUT2D eigenvalue weighted by Gasteiger charge is -2.36. The molecular weight excluding hydrogens is 478 g/mol. The first kappa shape index (κ1) is 26.9. The maximum Gasteiger partial charge on any atom is 0.416 e. The van der Waals surface area contributed by atoms with Crippen molar-refractivity contribution in [2.24, 2.45) is 0 Å². The molecule has 0 bridgehead atoms. The third-order valence-electron chi connectivity index (χ3n) is 5.27. The fourth-order valence-corrected chi connectivity index (χ4v) is 3.39. The van der Waals surface area contributed by atoms with Crippen molar-refractivity contribution in [3.05, 3.63) is 41.0 Å². The van der Waals surface area contributed by atoms with Crippen molar-refractivity contribution in [3.8, 4) is 30.1 Å². The summed E-state index contributed by atoms with van der Waals surface area (Å²) in [6.45, 7) is 5.91. The van der Waals surface area contributed by atoms with Gasteiger partial charge in [-0.05, 0) is 32.9 Å². The number of carbonyl (C=O) groups excluding carboxylic acids is 1. The molecule has 1 aliphatic heterocycles. The fourth-order valence-electron chi connectivity index (χ4n) is 3.39. The van der Waals surface area contributed by atoms with Crippen LogP contribution < -0.4 is 9.64 Å². The highest BCUT2D eigenvalue weighted by molar-refractivity contribution is 5.68. The molecule has 36 heavy (non-hydrogen) atoms. The normalized spacial score (nSPS) is 21.4. The van der Waals surface area contributed by atoms with E-state index < -0.39 is 29.6 Å². The summed E-state index contributed by atoms with van der Waals surface area (Å²) < 4.78 is 66.0. The number of pyridine rings is 1. The molecule has 0 spiro atoms. The number of alkyl halides is 4. The molecule has 1 atom stereocenters. The third kappa shape index (κ3) is 7.42. The summed E-state index contributed by atoms with van der Waals surface area (Å²) in [5.74, 6) is 7.22. The number of amides is 1. The number of halogens is 4. The van der Waals surface area contributed by atoms with Gasteiger partial charge in [0, 0.05) is 49.8 Å². The standard InChI is InChI=1S/C26H27F4N3O3/c1-5-18-7-6-8-21(27)19(10-9-18)17-35-23-16-20(26(28,29)30)15-22(31-23)32-11-13-33(14-12-32)24(34)36-25(2,3)4/h1,9-10,15-16,21H,7,11-14,17H2,2-4H3/b18-9-,19-10-. The number of hydrogen-bond donors (Lipinski definition) is 0. The molecule has 0 N–H and O–H groups in total. The van der Waals surface area contributed by atoms with Gasteiger partial charge in [-0.15, -0.1) is 6.42 Å². The lowest BCUT2D eigenvalue weighted by atomic mass is 10.1. The van der Waals surface area contributed by atoms with E-state index in [1.807, 2.05) is 0 Å². The Balaban J connectivity index is 1.76. The molecule has 2 aliphatic rings.